The molecule has 9 nitrogen and oxygen atoms in total. The average Bonchev–Trinajstić information content (AvgIpc) is 3.48. The Labute approximate surface area is 220 Å². The summed E-state index contributed by atoms with van der Waals surface area (Å²) in [5.41, 5.74) is 3.63. The fraction of sp³-hybridized carbons (Fsp3) is 0.393. The van der Waals surface area contributed by atoms with Crippen molar-refractivity contribution in [3.05, 3.63) is 71.1 Å². The Bertz CT molecular complexity index is 1530. The number of aromatic nitrogens is 5. The molecule has 1 aliphatic rings. The van der Waals surface area contributed by atoms with Crippen molar-refractivity contribution in [2.24, 2.45) is 0 Å². The van der Waals surface area contributed by atoms with E-state index >= 15 is 0 Å². The van der Waals surface area contributed by atoms with Gasteiger partial charge in [-0.1, -0.05) is 20.8 Å². The van der Waals surface area contributed by atoms with Gasteiger partial charge in [0.05, 0.1) is 23.6 Å². The number of halogens is 1. The van der Waals surface area contributed by atoms with Crippen molar-refractivity contribution in [3.8, 4) is 11.3 Å². The summed E-state index contributed by atoms with van der Waals surface area (Å²) < 4.78 is 15.1. The molecule has 0 unspecified atom stereocenters. The molecule has 0 radical (unpaired) electrons. The minimum Gasteiger partial charge on any atom is -0.333 e. The van der Waals surface area contributed by atoms with E-state index in [0.717, 1.165) is 16.7 Å². The van der Waals surface area contributed by atoms with Crippen LogP contribution in [-0.2, 0) is 5.41 Å². The number of benzene rings is 1. The third kappa shape index (κ3) is 4.55. The average molecular weight is 518 g/mol. The summed E-state index contributed by atoms with van der Waals surface area (Å²) in [6.07, 6.45) is 3.28. The lowest BCUT2D eigenvalue weighted by Crippen LogP contribution is -2.62. The maximum absolute atomic E-state index is 13.8. The van der Waals surface area contributed by atoms with Crippen LogP contribution in [-0.4, -0.2) is 71.6 Å². The van der Waals surface area contributed by atoms with Crippen molar-refractivity contribution in [3.63, 3.8) is 0 Å². The number of hydrogen-bond acceptors (Lipinski definition) is 5. The molecule has 2 amide bonds. The lowest BCUT2D eigenvalue weighted by Gasteiger charge is -2.46. The van der Waals surface area contributed by atoms with Crippen molar-refractivity contribution in [1.29, 1.82) is 0 Å². The molecule has 1 saturated heterocycles. The Kier molecular flexibility index (Phi) is 6.08. The van der Waals surface area contributed by atoms with Crippen LogP contribution in [0, 0.1) is 12.7 Å². The number of H-pyrrole nitrogens is 1. The van der Waals surface area contributed by atoms with Gasteiger partial charge in [-0.3, -0.25) is 14.7 Å². The van der Waals surface area contributed by atoms with Crippen LogP contribution in [0.1, 0.15) is 66.7 Å². The highest BCUT2D eigenvalue weighted by Gasteiger charge is 2.40. The maximum atomic E-state index is 13.8. The Balaban J connectivity index is 1.46. The van der Waals surface area contributed by atoms with Crippen LogP contribution < -0.4 is 0 Å². The summed E-state index contributed by atoms with van der Waals surface area (Å²) in [6, 6.07) is 8.14. The summed E-state index contributed by atoms with van der Waals surface area (Å²) >= 11 is 0. The first-order valence-electron chi connectivity index (χ1n) is 12.6. The highest BCUT2D eigenvalue weighted by Crippen LogP contribution is 2.31. The molecule has 1 fully saturated rings. The molecule has 4 heterocycles. The monoisotopic (exact) mass is 517 g/mol. The number of fused-ring (bicyclic) bond motifs is 1. The van der Waals surface area contributed by atoms with Gasteiger partial charge in [-0.15, -0.1) is 0 Å². The van der Waals surface area contributed by atoms with Gasteiger partial charge < -0.3 is 9.80 Å². The lowest BCUT2D eigenvalue weighted by molar-refractivity contribution is 0.0162. The highest BCUT2D eigenvalue weighted by molar-refractivity contribution is 5.95. The van der Waals surface area contributed by atoms with Gasteiger partial charge >= 0.3 is 0 Å². The first-order chi connectivity index (χ1) is 17.8. The molecule has 5 rings (SSSR count). The number of aromatic amines is 1. The van der Waals surface area contributed by atoms with E-state index in [0.29, 0.717) is 36.7 Å². The number of imidazole rings is 1. The van der Waals surface area contributed by atoms with Crippen LogP contribution in [0.25, 0.3) is 16.9 Å². The van der Waals surface area contributed by atoms with Crippen molar-refractivity contribution in [2.75, 3.05) is 19.6 Å². The number of aryl methyl sites for hydroxylation is 1. The Morgan fingerprint density at radius 3 is 2.39 bits per heavy atom. The van der Waals surface area contributed by atoms with Gasteiger partial charge in [-0.25, -0.2) is 13.9 Å². The van der Waals surface area contributed by atoms with Gasteiger partial charge in [0.2, 0.25) is 0 Å². The smallest absolute Gasteiger partial charge is 0.274 e. The number of carbonyl (C=O) groups is 2. The van der Waals surface area contributed by atoms with E-state index in [9.17, 15) is 14.0 Å². The van der Waals surface area contributed by atoms with Crippen molar-refractivity contribution in [2.45, 2.75) is 52.5 Å². The van der Waals surface area contributed by atoms with Crippen molar-refractivity contribution >= 4 is 17.5 Å². The molecule has 3 aromatic heterocycles. The predicted octanol–water partition coefficient (Wildman–Crippen LogP) is 4.24. The minimum absolute atomic E-state index is 0.125. The van der Waals surface area contributed by atoms with E-state index in [1.54, 1.807) is 38.8 Å². The summed E-state index contributed by atoms with van der Waals surface area (Å²) in [7, 11) is 0. The quantitative estimate of drug-likeness (QED) is 0.438. The molecule has 0 atom stereocenters. The molecule has 1 aromatic carbocycles. The zero-order chi connectivity index (χ0) is 27.4. The number of nitrogens with one attached hydrogen (secondary N) is 1. The summed E-state index contributed by atoms with van der Waals surface area (Å²) in [5, 5.41) is 11.4. The predicted molar refractivity (Wildman–Crippen MR) is 141 cm³/mol. The number of carbonyl (C=O) groups excluding carboxylic acids is 2. The number of hydrogen-bond donors (Lipinski definition) is 1. The fourth-order valence-electron chi connectivity index (χ4n) is 4.96. The van der Waals surface area contributed by atoms with E-state index < -0.39 is 5.54 Å². The molecule has 0 saturated carbocycles. The second-order valence-corrected chi connectivity index (χ2v) is 11.5. The fourth-order valence-corrected chi connectivity index (χ4v) is 4.96. The lowest BCUT2D eigenvalue weighted by atomic mass is 9.87. The summed E-state index contributed by atoms with van der Waals surface area (Å²) in [6.45, 7) is 13.1. The molecule has 1 N–H and O–H groups in total. The number of piperazine rings is 1. The van der Waals surface area contributed by atoms with Crippen LogP contribution in [0.4, 0.5) is 4.39 Å². The normalized spacial score (nSPS) is 15.8. The molecular weight excluding hydrogens is 485 g/mol. The summed E-state index contributed by atoms with van der Waals surface area (Å²) in [4.78, 5) is 35.1. The molecule has 4 aromatic rings. The van der Waals surface area contributed by atoms with E-state index in [1.165, 1.54) is 12.1 Å². The largest absolute Gasteiger partial charge is 0.333 e. The topological polar surface area (TPSA) is 99.5 Å². The van der Waals surface area contributed by atoms with Gasteiger partial charge in [-0.2, -0.15) is 10.2 Å². The first kappa shape index (κ1) is 25.6. The van der Waals surface area contributed by atoms with Gasteiger partial charge in [0.25, 0.3) is 11.8 Å². The molecule has 0 spiro atoms. The van der Waals surface area contributed by atoms with Crippen LogP contribution in [0.15, 0.2) is 42.7 Å². The number of amides is 2. The number of rotatable bonds is 3. The Hall–Kier alpha value is -4.08. The second-order valence-electron chi connectivity index (χ2n) is 11.5. The maximum Gasteiger partial charge on any atom is 0.274 e. The van der Waals surface area contributed by atoms with Crippen molar-refractivity contribution in [1.82, 2.24) is 34.6 Å². The van der Waals surface area contributed by atoms with E-state index in [-0.39, 0.29) is 28.7 Å². The van der Waals surface area contributed by atoms with Crippen molar-refractivity contribution < 1.29 is 14.0 Å². The SMILES string of the molecule is Cc1cn[nH]c1C(=O)N1CCN(C(=O)c2cn3nc(-c4ccc(F)cc4)cc(C(C)(C)C)c3n2)C(C)(C)C1. The molecule has 0 aliphatic carbocycles. The van der Waals surface area contributed by atoms with E-state index in [4.69, 9.17) is 10.1 Å². The molecule has 1 aliphatic heterocycles. The Morgan fingerprint density at radius 2 is 1.79 bits per heavy atom. The summed E-state index contributed by atoms with van der Waals surface area (Å²) in [5.74, 6) is -0.653. The first-order valence-corrected chi connectivity index (χ1v) is 12.6. The van der Waals surface area contributed by atoms with Crippen LogP contribution in [0.5, 0.6) is 0 Å². The molecule has 198 valence electrons. The molecule has 10 heteroatoms. The molecule has 0 bridgehead atoms. The van der Waals surface area contributed by atoms with E-state index in [1.807, 2.05) is 26.8 Å². The van der Waals surface area contributed by atoms with Gasteiger partial charge in [0.15, 0.2) is 5.65 Å². The van der Waals surface area contributed by atoms with E-state index in [2.05, 4.69) is 31.0 Å². The van der Waals surface area contributed by atoms with Gasteiger partial charge in [-0.05, 0) is 62.1 Å². The third-order valence-electron chi connectivity index (χ3n) is 7.07. The highest BCUT2D eigenvalue weighted by atomic mass is 19.1. The minimum atomic E-state index is -0.617. The van der Waals surface area contributed by atoms with Crippen LogP contribution in [0.3, 0.4) is 0 Å². The van der Waals surface area contributed by atoms with Crippen LogP contribution in [0.2, 0.25) is 0 Å². The molecular formula is C28H32FN7O2. The zero-order valence-electron chi connectivity index (χ0n) is 22.5. The molecule has 38 heavy (non-hydrogen) atoms. The second kappa shape index (κ2) is 9.04. The van der Waals surface area contributed by atoms with Gasteiger partial charge in [0, 0.05) is 30.8 Å². The Morgan fingerprint density at radius 1 is 1.08 bits per heavy atom. The standard InChI is InChI=1S/C28H32FN7O2/c1-17-14-30-32-23(17)26(38)34-11-12-35(28(5,6)16-34)25(37)22-15-36-24(31-22)20(27(2,3)4)13-21(33-36)18-7-9-19(29)10-8-18/h7-10,13-15H,11-12,16H2,1-6H3,(H,30,32). The zero-order valence-corrected chi connectivity index (χ0v) is 22.5. The number of nitrogens with zero attached hydrogens (tertiary/aromatic N) is 6. The third-order valence-corrected chi connectivity index (χ3v) is 7.07. The van der Waals surface area contributed by atoms with Crippen LogP contribution >= 0.6 is 0 Å². The van der Waals surface area contributed by atoms with Gasteiger partial charge in [0.1, 0.15) is 17.2 Å².